The van der Waals surface area contributed by atoms with E-state index in [1.807, 2.05) is 11.8 Å². The van der Waals surface area contributed by atoms with E-state index in [1.54, 1.807) is 0 Å². The second-order valence-corrected chi connectivity index (χ2v) is 6.50. The highest BCUT2D eigenvalue weighted by Gasteiger charge is 2.37. The topological polar surface area (TPSA) is 26.0 Å². The Balaban J connectivity index is 1.97. The lowest BCUT2D eigenvalue weighted by Crippen LogP contribution is -2.24. The summed E-state index contributed by atoms with van der Waals surface area (Å²) in [4.78, 5) is 1.36. The molecule has 2 heteroatoms. The van der Waals surface area contributed by atoms with Crippen LogP contribution in [0.2, 0.25) is 0 Å². The summed E-state index contributed by atoms with van der Waals surface area (Å²) < 4.78 is 0. The van der Waals surface area contributed by atoms with Crippen LogP contribution in [0.4, 0.5) is 0 Å². The average molecular weight is 221 g/mol. The van der Waals surface area contributed by atoms with Crippen molar-refractivity contribution in [2.24, 2.45) is 5.73 Å². The quantitative estimate of drug-likeness (QED) is 0.790. The highest BCUT2D eigenvalue weighted by molar-refractivity contribution is 7.99. The lowest BCUT2D eigenvalue weighted by atomic mass is 10.1. The smallest absolute Gasteiger partial charge is 0.0196 e. The molecule has 0 spiro atoms. The summed E-state index contributed by atoms with van der Waals surface area (Å²) in [6, 6.07) is 8.87. The Morgan fingerprint density at radius 2 is 1.87 bits per heavy atom. The van der Waals surface area contributed by atoms with E-state index in [4.69, 9.17) is 5.73 Å². The van der Waals surface area contributed by atoms with Crippen LogP contribution < -0.4 is 5.73 Å². The largest absolute Gasteiger partial charge is 0.325 e. The molecule has 1 saturated carbocycles. The standard InChI is InChI=1S/C13H19NS/c1-10(2)15-12-5-3-11(4-6-12)9-13(14)7-8-13/h3-6,10H,7-9,14H2,1-2H3. The van der Waals surface area contributed by atoms with Crippen molar-refractivity contribution in [1.29, 1.82) is 0 Å². The number of rotatable bonds is 4. The number of hydrogen-bond acceptors (Lipinski definition) is 2. The van der Waals surface area contributed by atoms with Gasteiger partial charge in [0.2, 0.25) is 0 Å². The third kappa shape index (κ3) is 3.25. The van der Waals surface area contributed by atoms with Crippen molar-refractivity contribution < 1.29 is 0 Å². The van der Waals surface area contributed by atoms with Crippen LogP contribution in [0.15, 0.2) is 29.2 Å². The van der Waals surface area contributed by atoms with Crippen LogP contribution in [-0.2, 0) is 6.42 Å². The van der Waals surface area contributed by atoms with Gasteiger partial charge in [0.05, 0.1) is 0 Å². The first-order chi connectivity index (χ1) is 7.07. The summed E-state index contributed by atoms with van der Waals surface area (Å²) in [7, 11) is 0. The summed E-state index contributed by atoms with van der Waals surface area (Å²) in [5.41, 5.74) is 7.60. The zero-order valence-electron chi connectivity index (χ0n) is 9.49. The molecule has 1 aliphatic carbocycles. The maximum absolute atomic E-state index is 6.09. The molecule has 1 nitrogen and oxygen atoms in total. The lowest BCUT2D eigenvalue weighted by molar-refractivity contribution is 0.672. The summed E-state index contributed by atoms with van der Waals surface area (Å²) in [6.07, 6.45) is 3.42. The minimum absolute atomic E-state index is 0.132. The zero-order valence-corrected chi connectivity index (χ0v) is 10.3. The van der Waals surface area contributed by atoms with Crippen LogP contribution in [0, 0.1) is 0 Å². The van der Waals surface area contributed by atoms with Crippen LogP contribution in [0.5, 0.6) is 0 Å². The third-order valence-electron chi connectivity index (χ3n) is 2.74. The maximum Gasteiger partial charge on any atom is 0.0196 e. The van der Waals surface area contributed by atoms with E-state index in [-0.39, 0.29) is 5.54 Å². The van der Waals surface area contributed by atoms with Crippen molar-refractivity contribution in [2.45, 2.75) is 48.8 Å². The Labute approximate surface area is 96.4 Å². The van der Waals surface area contributed by atoms with Crippen LogP contribution in [0.3, 0.4) is 0 Å². The molecule has 0 amide bonds. The molecule has 1 aromatic carbocycles. The molecule has 82 valence electrons. The van der Waals surface area contributed by atoms with Crippen molar-refractivity contribution >= 4 is 11.8 Å². The maximum atomic E-state index is 6.09. The van der Waals surface area contributed by atoms with E-state index < -0.39 is 0 Å². The fraction of sp³-hybridized carbons (Fsp3) is 0.538. The van der Waals surface area contributed by atoms with Crippen LogP contribution in [0.25, 0.3) is 0 Å². The van der Waals surface area contributed by atoms with Gasteiger partial charge in [-0.25, -0.2) is 0 Å². The summed E-state index contributed by atoms with van der Waals surface area (Å²) in [5, 5.41) is 0.653. The molecule has 2 rings (SSSR count). The molecule has 0 unspecified atom stereocenters. The molecule has 0 saturated heterocycles. The van der Waals surface area contributed by atoms with Crippen molar-refractivity contribution in [3.8, 4) is 0 Å². The second kappa shape index (κ2) is 4.18. The van der Waals surface area contributed by atoms with Gasteiger partial charge in [0.25, 0.3) is 0 Å². The summed E-state index contributed by atoms with van der Waals surface area (Å²) >= 11 is 1.91. The number of hydrogen-bond donors (Lipinski definition) is 1. The first-order valence-corrected chi connectivity index (χ1v) is 6.50. The van der Waals surface area contributed by atoms with Crippen LogP contribution >= 0.6 is 11.8 Å². The number of benzene rings is 1. The van der Waals surface area contributed by atoms with Gasteiger partial charge in [-0.1, -0.05) is 26.0 Å². The Hall–Kier alpha value is -0.470. The predicted octanol–water partition coefficient (Wildman–Crippen LogP) is 3.22. The molecular formula is C13H19NS. The Morgan fingerprint density at radius 1 is 1.27 bits per heavy atom. The Kier molecular flexibility index (Phi) is 3.08. The Morgan fingerprint density at radius 3 is 2.33 bits per heavy atom. The molecule has 1 aromatic rings. The molecule has 1 fully saturated rings. The SMILES string of the molecule is CC(C)Sc1ccc(CC2(N)CC2)cc1. The van der Waals surface area contributed by atoms with Crippen molar-refractivity contribution in [3.63, 3.8) is 0 Å². The number of nitrogens with two attached hydrogens (primary N) is 1. The Bertz CT molecular complexity index is 325. The van der Waals surface area contributed by atoms with E-state index in [1.165, 1.54) is 23.3 Å². The summed E-state index contributed by atoms with van der Waals surface area (Å²) in [5.74, 6) is 0. The fourth-order valence-electron chi connectivity index (χ4n) is 1.70. The lowest BCUT2D eigenvalue weighted by Gasteiger charge is -2.09. The van der Waals surface area contributed by atoms with E-state index in [9.17, 15) is 0 Å². The zero-order chi connectivity index (χ0) is 10.9. The predicted molar refractivity (Wildman–Crippen MR) is 67.3 cm³/mol. The van der Waals surface area contributed by atoms with Crippen molar-refractivity contribution in [1.82, 2.24) is 0 Å². The van der Waals surface area contributed by atoms with Gasteiger partial charge in [0, 0.05) is 15.7 Å². The van der Waals surface area contributed by atoms with E-state index >= 15 is 0 Å². The fourth-order valence-corrected chi connectivity index (χ4v) is 2.54. The van der Waals surface area contributed by atoms with Crippen molar-refractivity contribution in [2.75, 3.05) is 0 Å². The molecule has 0 heterocycles. The van der Waals surface area contributed by atoms with Gasteiger partial charge in [0.15, 0.2) is 0 Å². The monoisotopic (exact) mass is 221 g/mol. The minimum atomic E-state index is 0.132. The molecule has 0 radical (unpaired) electrons. The normalized spacial score (nSPS) is 18.1. The molecule has 0 aliphatic heterocycles. The number of thioether (sulfide) groups is 1. The van der Waals surface area contributed by atoms with Crippen LogP contribution in [0.1, 0.15) is 32.3 Å². The molecule has 0 atom stereocenters. The highest BCUT2D eigenvalue weighted by atomic mass is 32.2. The van der Waals surface area contributed by atoms with Gasteiger partial charge in [-0.3, -0.25) is 0 Å². The molecule has 0 bridgehead atoms. The van der Waals surface area contributed by atoms with Gasteiger partial charge in [-0.05, 0) is 37.0 Å². The molecule has 0 aromatic heterocycles. The van der Waals surface area contributed by atoms with Gasteiger partial charge in [-0.2, -0.15) is 0 Å². The molecule has 1 aliphatic rings. The summed E-state index contributed by atoms with van der Waals surface area (Å²) in [6.45, 7) is 4.44. The average Bonchev–Trinajstić information content (AvgIpc) is 2.86. The highest BCUT2D eigenvalue weighted by Crippen LogP contribution is 2.35. The first kappa shape index (κ1) is 11.0. The molecule has 15 heavy (non-hydrogen) atoms. The van der Waals surface area contributed by atoms with Crippen LogP contribution in [-0.4, -0.2) is 10.8 Å². The third-order valence-corrected chi connectivity index (χ3v) is 3.76. The molecule has 2 N–H and O–H groups in total. The minimum Gasteiger partial charge on any atom is -0.325 e. The van der Waals surface area contributed by atoms with E-state index in [2.05, 4.69) is 38.1 Å². The second-order valence-electron chi connectivity index (χ2n) is 4.85. The molecular weight excluding hydrogens is 202 g/mol. The van der Waals surface area contributed by atoms with E-state index in [0.29, 0.717) is 5.25 Å². The van der Waals surface area contributed by atoms with Crippen molar-refractivity contribution in [3.05, 3.63) is 29.8 Å². The van der Waals surface area contributed by atoms with Gasteiger partial charge < -0.3 is 5.73 Å². The first-order valence-electron chi connectivity index (χ1n) is 5.62. The van der Waals surface area contributed by atoms with Gasteiger partial charge in [-0.15, -0.1) is 11.8 Å². The van der Waals surface area contributed by atoms with Gasteiger partial charge in [0.1, 0.15) is 0 Å². The van der Waals surface area contributed by atoms with E-state index in [0.717, 1.165) is 6.42 Å². The van der Waals surface area contributed by atoms with Gasteiger partial charge >= 0.3 is 0 Å².